The summed E-state index contributed by atoms with van der Waals surface area (Å²) in [6, 6.07) is 5.67. The Morgan fingerprint density at radius 1 is 1.04 bits per heavy atom. The molecule has 0 atom stereocenters. The lowest BCUT2D eigenvalue weighted by atomic mass is 9.53. The van der Waals surface area contributed by atoms with E-state index in [1.807, 2.05) is 24.3 Å². The lowest BCUT2D eigenvalue weighted by molar-refractivity contribution is -0.122. The SMILES string of the molecule is COc1ccc(C=CC(=O)NC23CC4CC(CC(C4)C2)C3)cc1OC. The first-order chi connectivity index (χ1) is 12.1. The Morgan fingerprint density at radius 3 is 2.20 bits per heavy atom. The molecule has 4 bridgehead atoms. The fourth-order valence-electron chi connectivity index (χ4n) is 5.70. The molecule has 4 heteroatoms. The van der Waals surface area contributed by atoms with Crippen molar-refractivity contribution in [3.05, 3.63) is 29.8 Å². The van der Waals surface area contributed by atoms with Gasteiger partial charge in [-0.25, -0.2) is 0 Å². The maximum absolute atomic E-state index is 12.5. The third-order valence-corrected chi connectivity index (χ3v) is 6.26. The van der Waals surface area contributed by atoms with Crippen molar-refractivity contribution >= 4 is 12.0 Å². The first-order valence-corrected chi connectivity index (χ1v) is 9.31. The molecule has 4 aliphatic rings. The number of carbonyl (C=O) groups is 1. The third-order valence-electron chi connectivity index (χ3n) is 6.26. The van der Waals surface area contributed by atoms with E-state index in [9.17, 15) is 4.79 Å². The zero-order chi connectivity index (χ0) is 17.4. The number of hydrogen-bond donors (Lipinski definition) is 1. The molecule has 0 aliphatic heterocycles. The van der Waals surface area contributed by atoms with Crippen LogP contribution in [0.2, 0.25) is 0 Å². The minimum absolute atomic E-state index is 0.0248. The van der Waals surface area contributed by atoms with Crippen LogP contribution in [0.5, 0.6) is 11.5 Å². The summed E-state index contributed by atoms with van der Waals surface area (Å²) in [6.07, 6.45) is 11.2. The Kier molecular flexibility index (Phi) is 4.22. The first-order valence-electron chi connectivity index (χ1n) is 9.31. The molecule has 134 valence electrons. The highest BCUT2D eigenvalue weighted by Crippen LogP contribution is 2.55. The standard InChI is InChI=1S/C21H27NO3/c1-24-18-5-3-14(10-19(18)25-2)4-6-20(23)22-21-11-15-7-16(12-21)9-17(8-15)13-21/h3-6,10,15-17H,7-9,11-13H2,1-2H3,(H,22,23). The number of methoxy groups -OCH3 is 2. The highest BCUT2D eigenvalue weighted by molar-refractivity contribution is 5.92. The van der Waals surface area contributed by atoms with Crippen LogP contribution in [0.1, 0.15) is 44.1 Å². The van der Waals surface area contributed by atoms with Crippen LogP contribution in [0, 0.1) is 17.8 Å². The van der Waals surface area contributed by atoms with E-state index in [0.29, 0.717) is 11.5 Å². The molecule has 0 aromatic heterocycles. The van der Waals surface area contributed by atoms with E-state index in [2.05, 4.69) is 5.32 Å². The van der Waals surface area contributed by atoms with Crippen molar-refractivity contribution in [2.75, 3.05) is 14.2 Å². The molecular formula is C21H27NO3. The Balaban J connectivity index is 1.43. The maximum Gasteiger partial charge on any atom is 0.244 e. The van der Waals surface area contributed by atoms with Gasteiger partial charge in [0.25, 0.3) is 0 Å². The maximum atomic E-state index is 12.5. The van der Waals surface area contributed by atoms with Crippen LogP contribution in [-0.2, 0) is 4.79 Å². The van der Waals surface area contributed by atoms with Crippen molar-refractivity contribution in [3.8, 4) is 11.5 Å². The van der Waals surface area contributed by atoms with E-state index in [1.165, 1.54) is 38.5 Å². The summed E-state index contributed by atoms with van der Waals surface area (Å²) in [5.41, 5.74) is 0.992. The fourth-order valence-corrected chi connectivity index (χ4v) is 5.70. The highest BCUT2D eigenvalue weighted by atomic mass is 16.5. The average molecular weight is 341 g/mol. The van der Waals surface area contributed by atoms with Crippen LogP contribution in [0.25, 0.3) is 6.08 Å². The molecule has 4 nitrogen and oxygen atoms in total. The zero-order valence-electron chi connectivity index (χ0n) is 15.1. The molecule has 1 aromatic carbocycles. The summed E-state index contributed by atoms with van der Waals surface area (Å²) in [4.78, 5) is 12.5. The molecular weight excluding hydrogens is 314 g/mol. The molecule has 5 rings (SSSR count). The van der Waals surface area contributed by atoms with Crippen LogP contribution in [0.15, 0.2) is 24.3 Å². The zero-order valence-corrected chi connectivity index (χ0v) is 15.1. The molecule has 4 saturated carbocycles. The van der Waals surface area contributed by atoms with E-state index in [-0.39, 0.29) is 11.4 Å². The number of amides is 1. The van der Waals surface area contributed by atoms with E-state index >= 15 is 0 Å². The lowest BCUT2D eigenvalue weighted by Crippen LogP contribution is -2.59. The van der Waals surface area contributed by atoms with Crippen LogP contribution in [0.4, 0.5) is 0 Å². The summed E-state index contributed by atoms with van der Waals surface area (Å²) in [5, 5.41) is 3.36. The summed E-state index contributed by atoms with van der Waals surface area (Å²) in [7, 11) is 3.23. The monoisotopic (exact) mass is 341 g/mol. The Hall–Kier alpha value is -1.97. The molecule has 1 aromatic rings. The Labute approximate surface area is 149 Å². The molecule has 0 saturated heterocycles. The largest absolute Gasteiger partial charge is 0.493 e. The second-order valence-electron chi connectivity index (χ2n) is 8.13. The van der Waals surface area contributed by atoms with Gasteiger partial charge in [-0.1, -0.05) is 6.07 Å². The molecule has 0 unspecified atom stereocenters. The van der Waals surface area contributed by atoms with Crippen LogP contribution in [-0.4, -0.2) is 25.7 Å². The second kappa shape index (κ2) is 6.40. The number of carbonyl (C=O) groups excluding carboxylic acids is 1. The summed E-state index contributed by atoms with van der Waals surface area (Å²) < 4.78 is 10.6. The van der Waals surface area contributed by atoms with Gasteiger partial charge in [-0.05, 0) is 80.1 Å². The van der Waals surface area contributed by atoms with Gasteiger partial charge in [0, 0.05) is 11.6 Å². The van der Waals surface area contributed by atoms with Gasteiger partial charge in [0.1, 0.15) is 0 Å². The van der Waals surface area contributed by atoms with Crippen molar-refractivity contribution in [1.29, 1.82) is 0 Å². The molecule has 4 fully saturated rings. The van der Waals surface area contributed by atoms with Gasteiger partial charge in [-0.15, -0.1) is 0 Å². The molecule has 0 spiro atoms. The van der Waals surface area contributed by atoms with Gasteiger partial charge in [0.15, 0.2) is 11.5 Å². The number of nitrogens with one attached hydrogen (secondary N) is 1. The van der Waals surface area contributed by atoms with E-state index in [1.54, 1.807) is 20.3 Å². The van der Waals surface area contributed by atoms with Gasteiger partial charge in [0.05, 0.1) is 14.2 Å². The van der Waals surface area contributed by atoms with Gasteiger partial charge in [-0.2, -0.15) is 0 Å². The number of rotatable bonds is 5. The predicted octanol–water partition coefficient (Wildman–Crippen LogP) is 3.80. The third kappa shape index (κ3) is 3.26. The molecule has 1 amide bonds. The van der Waals surface area contributed by atoms with Crippen molar-refractivity contribution < 1.29 is 14.3 Å². The fraction of sp³-hybridized carbons (Fsp3) is 0.571. The van der Waals surface area contributed by atoms with Crippen LogP contribution in [0.3, 0.4) is 0 Å². The van der Waals surface area contributed by atoms with E-state index in [4.69, 9.17) is 9.47 Å². The van der Waals surface area contributed by atoms with E-state index < -0.39 is 0 Å². The molecule has 0 radical (unpaired) electrons. The highest BCUT2D eigenvalue weighted by Gasteiger charge is 2.51. The van der Waals surface area contributed by atoms with Crippen molar-refractivity contribution in [1.82, 2.24) is 5.32 Å². The molecule has 25 heavy (non-hydrogen) atoms. The summed E-state index contributed by atoms with van der Waals surface area (Å²) in [5.74, 6) is 3.89. The normalized spacial score (nSPS) is 32.8. The topological polar surface area (TPSA) is 47.6 Å². The van der Waals surface area contributed by atoms with Gasteiger partial charge in [0.2, 0.25) is 5.91 Å². The number of ether oxygens (including phenoxy) is 2. The van der Waals surface area contributed by atoms with Crippen molar-refractivity contribution in [2.24, 2.45) is 17.8 Å². The van der Waals surface area contributed by atoms with E-state index in [0.717, 1.165) is 23.3 Å². The van der Waals surface area contributed by atoms with Crippen LogP contribution < -0.4 is 14.8 Å². The Bertz CT molecular complexity index is 659. The average Bonchev–Trinajstić information content (AvgIpc) is 2.58. The Morgan fingerprint density at radius 2 is 1.64 bits per heavy atom. The van der Waals surface area contributed by atoms with Crippen molar-refractivity contribution in [2.45, 2.75) is 44.1 Å². The van der Waals surface area contributed by atoms with Gasteiger partial charge >= 0.3 is 0 Å². The number of benzene rings is 1. The molecule has 4 aliphatic carbocycles. The summed E-state index contributed by atoms with van der Waals surface area (Å²) in [6.45, 7) is 0. The van der Waals surface area contributed by atoms with Gasteiger partial charge < -0.3 is 14.8 Å². The summed E-state index contributed by atoms with van der Waals surface area (Å²) >= 11 is 0. The predicted molar refractivity (Wildman–Crippen MR) is 97.6 cm³/mol. The van der Waals surface area contributed by atoms with Gasteiger partial charge in [-0.3, -0.25) is 4.79 Å². The second-order valence-corrected chi connectivity index (χ2v) is 8.13. The minimum Gasteiger partial charge on any atom is -0.493 e. The van der Waals surface area contributed by atoms with Crippen LogP contribution >= 0.6 is 0 Å². The minimum atomic E-state index is 0.0248. The first kappa shape index (κ1) is 16.5. The molecule has 0 heterocycles. The van der Waals surface area contributed by atoms with Crippen molar-refractivity contribution in [3.63, 3.8) is 0 Å². The molecule has 1 N–H and O–H groups in total. The quantitative estimate of drug-likeness (QED) is 0.829. The number of hydrogen-bond acceptors (Lipinski definition) is 3. The smallest absolute Gasteiger partial charge is 0.244 e. The lowest BCUT2D eigenvalue weighted by Gasteiger charge is -2.56.